The SMILES string of the molecule is COC(=O)N(c1ccc(C(=O)/C=C/c2ccc3cc(C(=O)O)ccc3n2)cc1)c1cccs1. The van der Waals surface area contributed by atoms with E-state index in [1.165, 1.54) is 35.5 Å². The third-order valence-electron chi connectivity index (χ3n) is 4.86. The van der Waals surface area contributed by atoms with Gasteiger partial charge in [0, 0.05) is 10.9 Å². The summed E-state index contributed by atoms with van der Waals surface area (Å²) in [6, 6.07) is 18.5. The average molecular weight is 458 g/mol. The standard InChI is InChI=1S/C25H18N2O5S/c1-32-25(31)27(23-3-2-14-33-23)20-10-5-16(6-11-20)22(28)13-9-19-8-4-17-15-18(24(29)30)7-12-21(17)26-19/h2-15H,1H3,(H,29,30)/b13-9+. The number of carbonyl (C=O) groups is 3. The van der Waals surface area contributed by atoms with Crippen molar-refractivity contribution in [3.05, 3.63) is 95.0 Å². The molecular weight excluding hydrogens is 440 g/mol. The second-order valence-electron chi connectivity index (χ2n) is 6.95. The van der Waals surface area contributed by atoms with Crippen molar-refractivity contribution >= 4 is 56.8 Å². The van der Waals surface area contributed by atoms with E-state index in [9.17, 15) is 14.4 Å². The van der Waals surface area contributed by atoms with Crippen molar-refractivity contribution in [3.8, 4) is 0 Å². The summed E-state index contributed by atoms with van der Waals surface area (Å²) >= 11 is 1.40. The number of ketones is 1. The molecule has 33 heavy (non-hydrogen) atoms. The molecule has 7 nitrogen and oxygen atoms in total. The predicted octanol–water partition coefficient (Wildman–Crippen LogP) is 5.80. The van der Waals surface area contributed by atoms with Crippen LogP contribution in [-0.4, -0.2) is 35.0 Å². The summed E-state index contributed by atoms with van der Waals surface area (Å²) in [5, 5.41) is 12.4. The van der Waals surface area contributed by atoms with Crippen molar-refractivity contribution in [2.24, 2.45) is 0 Å². The molecule has 1 amide bonds. The molecule has 0 fully saturated rings. The number of carbonyl (C=O) groups excluding carboxylic acids is 2. The number of fused-ring (bicyclic) bond motifs is 1. The topological polar surface area (TPSA) is 96.8 Å². The summed E-state index contributed by atoms with van der Waals surface area (Å²) in [4.78, 5) is 41.8. The van der Waals surface area contributed by atoms with Crippen molar-refractivity contribution in [1.82, 2.24) is 4.98 Å². The second-order valence-corrected chi connectivity index (χ2v) is 7.88. The summed E-state index contributed by atoms with van der Waals surface area (Å²) in [6.07, 6.45) is 2.51. The lowest BCUT2D eigenvalue weighted by molar-refractivity contribution is 0.0696. The van der Waals surface area contributed by atoms with Gasteiger partial charge in [0.2, 0.25) is 0 Å². The Kier molecular flexibility index (Phi) is 6.28. The van der Waals surface area contributed by atoms with Gasteiger partial charge in [0.25, 0.3) is 0 Å². The van der Waals surface area contributed by atoms with E-state index in [0.29, 0.717) is 32.8 Å². The van der Waals surface area contributed by atoms with Crippen LogP contribution in [0.1, 0.15) is 26.4 Å². The number of allylic oxidation sites excluding steroid dienone is 1. The Bertz CT molecular complexity index is 1360. The number of carboxylic acids is 1. The van der Waals surface area contributed by atoms with Gasteiger partial charge in [0.1, 0.15) is 5.00 Å². The summed E-state index contributed by atoms with van der Waals surface area (Å²) in [6.45, 7) is 0. The minimum absolute atomic E-state index is 0.191. The number of ether oxygens (including phenoxy) is 1. The fraction of sp³-hybridized carbons (Fsp3) is 0.0400. The van der Waals surface area contributed by atoms with E-state index < -0.39 is 12.1 Å². The number of aromatic carboxylic acids is 1. The number of hydrogen-bond donors (Lipinski definition) is 1. The van der Waals surface area contributed by atoms with Gasteiger partial charge < -0.3 is 9.84 Å². The molecule has 164 valence electrons. The molecule has 8 heteroatoms. The van der Waals surface area contributed by atoms with Crippen LogP contribution >= 0.6 is 11.3 Å². The molecule has 0 saturated heterocycles. The second kappa shape index (κ2) is 9.46. The van der Waals surface area contributed by atoms with Gasteiger partial charge >= 0.3 is 12.1 Å². The van der Waals surface area contributed by atoms with Gasteiger partial charge in [-0.1, -0.05) is 6.07 Å². The predicted molar refractivity (Wildman–Crippen MR) is 127 cm³/mol. The summed E-state index contributed by atoms with van der Waals surface area (Å²) in [5.74, 6) is -1.21. The number of carboxylic acid groups (broad SMARTS) is 1. The molecule has 2 heterocycles. The number of benzene rings is 2. The Morgan fingerprint density at radius 2 is 1.76 bits per heavy atom. The van der Waals surface area contributed by atoms with Crippen LogP contribution < -0.4 is 4.90 Å². The molecule has 4 aromatic rings. The number of nitrogens with zero attached hydrogens (tertiary/aromatic N) is 2. The maximum absolute atomic E-state index is 12.6. The number of hydrogen-bond acceptors (Lipinski definition) is 6. The molecule has 1 N–H and O–H groups in total. The highest BCUT2D eigenvalue weighted by Crippen LogP contribution is 2.30. The quantitative estimate of drug-likeness (QED) is 0.290. The van der Waals surface area contributed by atoms with Gasteiger partial charge in [-0.25, -0.2) is 19.5 Å². The third-order valence-corrected chi connectivity index (χ3v) is 5.71. The molecule has 0 unspecified atom stereocenters. The average Bonchev–Trinajstić information content (AvgIpc) is 3.36. The fourth-order valence-electron chi connectivity index (χ4n) is 3.21. The highest BCUT2D eigenvalue weighted by Gasteiger charge is 2.19. The molecule has 0 aliphatic rings. The number of anilines is 2. The van der Waals surface area contributed by atoms with Crippen molar-refractivity contribution in [2.45, 2.75) is 0 Å². The number of rotatable bonds is 6. The van der Waals surface area contributed by atoms with Crippen LogP contribution in [0.2, 0.25) is 0 Å². The maximum Gasteiger partial charge on any atom is 0.419 e. The first-order valence-electron chi connectivity index (χ1n) is 9.84. The van der Waals surface area contributed by atoms with Gasteiger partial charge in [-0.15, -0.1) is 11.3 Å². The Morgan fingerprint density at radius 3 is 2.42 bits per heavy atom. The first-order chi connectivity index (χ1) is 16.0. The molecule has 0 radical (unpaired) electrons. The van der Waals surface area contributed by atoms with Crippen molar-refractivity contribution in [1.29, 1.82) is 0 Å². The number of methoxy groups -OCH3 is 1. The van der Waals surface area contributed by atoms with Crippen LogP contribution in [0.15, 0.2) is 78.2 Å². The number of pyridine rings is 1. The lowest BCUT2D eigenvalue weighted by Crippen LogP contribution is -2.24. The largest absolute Gasteiger partial charge is 0.478 e. The zero-order valence-electron chi connectivity index (χ0n) is 17.5. The number of aromatic nitrogens is 1. The molecule has 0 saturated carbocycles. The van der Waals surface area contributed by atoms with E-state index in [1.54, 1.807) is 54.6 Å². The first-order valence-corrected chi connectivity index (χ1v) is 10.7. The molecule has 2 aromatic heterocycles. The van der Waals surface area contributed by atoms with Crippen molar-refractivity contribution < 1.29 is 24.2 Å². The minimum Gasteiger partial charge on any atom is -0.478 e. The van der Waals surface area contributed by atoms with Crippen LogP contribution in [-0.2, 0) is 4.74 Å². The fourth-order valence-corrected chi connectivity index (χ4v) is 3.95. The summed E-state index contributed by atoms with van der Waals surface area (Å²) in [5.41, 5.74) is 2.44. The zero-order valence-corrected chi connectivity index (χ0v) is 18.3. The lowest BCUT2D eigenvalue weighted by atomic mass is 10.1. The smallest absolute Gasteiger partial charge is 0.419 e. The van der Waals surface area contributed by atoms with Crippen molar-refractivity contribution in [3.63, 3.8) is 0 Å². The molecule has 0 spiro atoms. The van der Waals surface area contributed by atoms with E-state index in [1.807, 2.05) is 17.5 Å². The Morgan fingerprint density at radius 1 is 1.00 bits per heavy atom. The van der Waals surface area contributed by atoms with Gasteiger partial charge in [-0.2, -0.15) is 0 Å². The normalized spacial score (nSPS) is 10.9. The third kappa shape index (κ3) is 4.81. The molecule has 2 aromatic carbocycles. The van der Waals surface area contributed by atoms with Crippen molar-refractivity contribution in [2.75, 3.05) is 12.0 Å². The molecule has 0 bridgehead atoms. The minimum atomic E-state index is -0.998. The number of thiophene rings is 1. The lowest BCUT2D eigenvalue weighted by Gasteiger charge is -2.19. The monoisotopic (exact) mass is 458 g/mol. The number of amides is 1. The molecule has 0 aliphatic heterocycles. The van der Waals surface area contributed by atoms with E-state index >= 15 is 0 Å². The molecular formula is C25H18N2O5S. The van der Waals surface area contributed by atoms with Gasteiger partial charge in [0.05, 0.1) is 29.6 Å². The maximum atomic E-state index is 12.6. The molecule has 0 atom stereocenters. The van der Waals surface area contributed by atoms with E-state index in [0.717, 1.165) is 0 Å². The first kappa shape index (κ1) is 21.9. The zero-order chi connectivity index (χ0) is 23.4. The Hall–Kier alpha value is -4.30. The van der Waals surface area contributed by atoms with E-state index in [4.69, 9.17) is 9.84 Å². The van der Waals surface area contributed by atoms with Crippen LogP contribution in [0.4, 0.5) is 15.5 Å². The van der Waals surface area contributed by atoms with Gasteiger partial charge in [-0.3, -0.25) is 4.79 Å². The van der Waals surface area contributed by atoms with Crippen LogP contribution in [0.3, 0.4) is 0 Å². The highest BCUT2D eigenvalue weighted by molar-refractivity contribution is 7.14. The Balaban J connectivity index is 1.52. The van der Waals surface area contributed by atoms with Gasteiger partial charge in [-0.05, 0) is 78.2 Å². The van der Waals surface area contributed by atoms with E-state index in [2.05, 4.69) is 4.98 Å². The van der Waals surface area contributed by atoms with Crippen LogP contribution in [0.25, 0.3) is 17.0 Å². The highest BCUT2D eigenvalue weighted by atomic mass is 32.1. The molecule has 4 rings (SSSR count). The van der Waals surface area contributed by atoms with Gasteiger partial charge in [0.15, 0.2) is 5.78 Å². The molecule has 0 aliphatic carbocycles. The Labute approximate surface area is 193 Å². The summed E-state index contributed by atoms with van der Waals surface area (Å²) in [7, 11) is 1.32. The van der Waals surface area contributed by atoms with Crippen LogP contribution in [0, 0.1) is 0 Å². The van der Waals surface area contributed by atoms with Crippen LogP contribution in [0.5, 0.6) is 0 Å². The van der Waals surface area contributed by atoms with E-state index in [-0.39, 0.29) is 11.3 Å². The summed E-state index contributed by atoms with van der Waals surface area (Å²) < 4.78 is 4.88.